The molecule has 0 aliphatic rings. The van der Waals surface area contributed by atoms with Crippen LogP contribution in [0.15, 0.2) is 60.8 Å². The Morgan fingerprint density at radius 3 is 1.22 bits per heavy atom. The van der Waals surface area contributed by atoms with Gasteiger partial charge in [-0.15, -0.1) is 0 Å². The molecule has 3 unspecified atom stereocenters. The van der Waals surface area contributed by atoms with Crippen LogP contribution < -0.4 is 5.32 Å². The summed E-state index contributed by atoms with van der Waals surface area (Å²) in [5.41, 5.74) is 0. The highest BCUT2D eigenvalue weighted by atomic mass is 31.2. The van der Waals surface area contributed by atoms with Gasteiger partial charge in [-0.25, -0.2) is 4.57 Å². The average molecular weight is 1100 g/mol. The number of esters is 1. The SMILES string of the molecule is CCCCC/C=C\C/C=C\C/C=C\C/C=C\CCCCCC(=O)NC(COP(=O)(O)OCC[N+](C)(C)C)C(/C=C/CCCCCCCCCCC)OC(=O)CCCCCCCCCCCCCCCCCCCCCCC. The molecule has 0 aromatic rings. The minimum atomic E-state index is -4.46. The summed E-state index contributed by atoms with van der Waals surface area (Å²) in [7, 11) is 1.48. The highest BCUT2D eigenvalue weighted by molar-refractivity contribution is 7.47. The molecule has 450 valence electrons. The van der Waals surface area contributed by atoms with Crippen LogP contribution in [0.4, 0.5) is 0 Å². The number of likely N-dealkylation sites (N-methyl/N-ethyl adjacent to an activating group) is 1. The lowest BCUT2D eigenvalue weighted by molar-refractivity contribution is -0.870. The molecule has 0 bridgehead atoms. The fourth-order valence-electron chi connectivity index (χ4n) is 9.40. The molecule has 77 heavy (non-hydrogen) atoms. The quantitative estimate of drug-likeness (QED) is 0.0205. The van der Waals surface area contributed by atoms with E-state index in [2.05, 4.69) is 74.7 Å². The van der Waals surface area contributed by atoms with Gasteiger partial charge in [0.05, 0.1) is 33.8 Å². The normalized spacial score (nSPS) is 14.0. The summed E-state index contributed by atoms with van der Waals surface area (Å²) in [6.07, 6.45) is 72.3. The van der Waals surface area contributed by atoms with Crippen molar-refractivity contribution in [1.82, 2.24) is 5.32 Å². The van der Waals surface area contributed by atoms with Crippen molar-refractivity contribution in [3.05, 3.63) is 60.8 Å². The predicted molar refractivity (Wildman–Crippen MR) is 332 cm³/mol. The summed E-state index contributed by atoms with van der Waals surface area (Å²) in [6, 6.07) is -0.864. The maximum absolute atomic E-state index is 13.5. The van der Waals surface area contributed by atoms with Crippen molar-refractivity contribution in [3.63, 3.8) is 0 Å². The number of hydrogen-bond donors (Lipinski definition) is 2. The van der Waals surface area contributed by atoms with Gasteiger partial charge in [0.1, 0.15) is 19.3 Å². The molecule has 0 spiro atoms. The van der Waals surface area contributed by atoms with Crippen LogP contribution >= 0.6 is 7.82 Å². The zero-order chi connectivity index (χ0) is 56.4. The minimum absolute atomic E-state index is 0.0337. The molecule has 0 aromatic heterocycles. The van der Waals surface area contributed by atoms with Crippen LogP contribution in [0.3, 0.4) is 0 Å². The topological polar surface area (TPSA) is 111 Å². The second kappa shape index (κ2) is 57.0. The molecule has 0 saturated heterocycles. The Kier molecular flexibility index (Phi) is 55.3. The minimum Gasteiger partial charge on any atom is -0.456 e. The summed E-state index contributed by atoms with van der Waals surface area (Å²) in [6.45, 7) is 6.98. The van der Waals surface area contributed by atoms with Gasteiger partial charge in [-0.1, -0.05) is 275 Å². The lowest BCUT2D eigenvalue weighted by atomic mass is 10.0. The lowest BCUT2D eigenvalue weighted by Gasteiger charge is -2.27. The molecular weight excluding hydrogens is 976 g/mol. The molecule has 1 amide bonds. The smallest absolute Gasteiger partial charge is 0.456 e. The van der Waals surface area contributed by atoms with Crippen LogP contribution in [0.25, 0.3) is 0 Å². The first-order valence-corrected chi connectivity index (χ1v) is 34.1. The summed E-state index contributed by atoms with van der Waals surface area (Å²) in [5.74, 6) is -0.532. The van der Waals surface area contributed by atoms with Gasteiger partial charge in [0.2, 0.25) is 5.91 Å². The number of ether oxygens (including phenoxy) is 1. The van der Waals surface area contributed by atoms with Gasteiger partial charge in [-0.3, -0.25) is 18.6 Å². The first kappa shape index (κ1) is 74.7. The molecule has 0 heterocycles. The number of carbonyl (C=O) groups is 2. The number of carbonyl (C=O) groups excluding carboxylic acids is 2. The second-order valence-electron chi connectivity index (χ2n) is 23.3. The number of amides is 1. The van der Waals surface area contributed by atoms with E-state index in [1.165, 1.54) is 186 Å². The lowest BCUT2D eigenvalue weighted by Crippen LogP contribution is -2.47. The van der Waals surface area contributed by atoms with Gasteiger partial charge < -0.3 is 19.4 Å². The van der Waals surface area contributed by atoms with Crippen LogP contribution in [0.5, 0.6) is 0 Å². The number of allylic oxidation sites excluding steroid dienone is 9. The third-order valence-corrected chi connectivity index (χ3v) is 15.4. The standard InChI is InChI=1S/C67H125N2O7P/c1-7-10-13-16-19-22-25-27-29-31-33-34-36-38-40-42-45-48-51-54-57-60-67(71)76-65(58-55-52-49-46-43-24-21-18-15-12-9-3)64(63-75-77(72,73)74-62-61-69(4,5)6)68-66(70)59-56-53-50-47-44-41-39-37-35-32-30-28-26-23-20-17-14-11-8-2/h20,23,28,30,35,37,41,44,55,58,64-65H,7-19,21-22,24-27,29,31-34,36,38-40,42-43,45-54,56-57,59-63H2,1-6H3,(H-,68,70,72,73)/p+1/b23-20-,30-28-,37-35-,44-41-,58-55+. The number of phosphoric ester groups is 1. The number of phosphoric acid groups is 1. The molecular formula is C67H126N2O7P+. The van der Waals surface area contributed by atoms with E-state index in [1.54, 1.807) is 0 Å². The monoisotopic (exact) mass is 1100 g/mol. The Balaban J connectivity index is 5.19. The maximum atomic E-state index is 13.5. The largest absolute Gasteiger partial charge is 0.472 e. The van der Waals surface area contributed by atoms with Crippen molar-refractivity contribution in [3.8, 4) is 0 Å². The highest BCUT2D eigenvalue weighted by Gasteiger charge is 2.30. The molecule has 0 aliphatic carbocycles. The zero-order valence-corrected chi connectivity index (χ0v) is 52.3. The van der Waals surface area contributed by atoms with Crippen molar-refractivity contribution >= 4 is 19.7 Å². The van der Waals surface area contributed by atoms with Crippen LogP contribution in [0.2, 0.25) is 0 Å². The number of nitrogens with zero attached hydrogens (tertiary/aromatic N) is 1. The Morgan fingerprint density at radius 2 is 0.792 bits per heavy atom. The van der Waals surface area contributed by atoms with E-state index in [9.17, 15) is 19.0 Å². The highest BCUT2D eigenvalue weighted by Crippen LogP contribution is 2.43. The average Bonchev–Trinajstić information content (AvgIpc) is 3.39. The molecule has 0 radical (unpaired) electrons. The second-order valence-corrected chi connectivity index (χ2v) is 24.7. The van der Waals surface area contributed by atoms with Gasteiger partial charge in [0.15, 0.2) is 0 Å². The van der Waals surface area contributed by atoms with Gasteiger partial charge in [0.25, 0.3) is 0 Å². The summed E-state index contributed by atoms with van der Waals surface area (Å²) in [4.78, 5) is 37.7. The van der Waals surface area contributed by atoms with Crippen molar-refractivity contribution < 1.29 is 37.3 Å². The molecule has 9 nitrogen and oxygen atoms in total. The summed E-state index contributed by atoms with van der Waals surface area (Å²) >= 11 is 0. The van der Waals surface area contributed by atoms with Crippen molar-refractivity contribution in [2.24, 2.45) is 0 Å². The van der Waals surface area contributed by atoms with E-state index in [-0.39, 0.29) is 31.5 Å². The molecule has 10 heteroatoms. The molecule has 0 fully saturated rings. The van der Waals surface area contributed by atoms with Crippen LogP contribution in [-0.4, -0.2) is 74.3 Å². The summed E-state index contributed by atoms with van der Waals surface area (Å²) < 4.78 is 30.7. The van der Waals surface area contributed by atoms with Gasteiger partial charge in [0, 0.05) is 12.8 Å². The van der Waals surface area contributed by atoms with Crippen molar-refractivity contribution in [2.45, 2.75) is 315 Å². The fourth-order valence-corrected chi connectivity index (χ4v) is 10.1. The number of rotatable bonds is 59. The fraction of sp³-hybridized carbons (Fsp3) is 0.821. The Morgan fingerprint density at radius 1 is 0.455 bits per heavy atom. The molecule has 3 atom stereocenters. The predicted octanol–water partition coefficient (Wildman–Crippen LogP) is 20.2. The number of unbranched alkanes of at least 4 members (excludes halogenated alkanes) is 35. The zero-order valence-electron chi connectivity index (χ0n) is 51.5. The van der Waals surface area contributed by atoms with Gasteiger partial charge in [-0.05, 0) is 76.7 Å². The van der Waals surface area contributed by atoms with Gasteiger partial charge >= 0.3 is 13.8 Å². The van der Waals surface area contributed by atoms with E-state index in [1.807, 2.05) is 33.3 Å². The molecule has 0 saturated carbocycles. The number of nitrogens with one attached hydrogen (secondary N) is 1. The Hall–Kier alpha value is -2.29. The van der Waals surface area contributed by atoms with E-state index in [4.69, 9.17) is 13.8 Å². The first-order chi connectivity index (χ1) is 37.4. The Labute approximate surface area is 477 Å². The number of quaternary nitrogens is 1. The van der Waals surface area contributed by atoms with Gasteiger partial charge in [-0.2, -0.15) is 0 Å². The summed E-state index contributed by atoms with van der Waals surface area (Å²) in [5, 5.41) is 3.04. The third-order valence-electron chi connectivity index (χ3n) is 14.5. The van der Waals surface area contributed by atoms with Crippen molar-refractivity contribution in [2.75, 3.05) is 40.9 Å². The van der Waals surface area contributed by atoms with Crippen LogP contribution in [0, 0.1) is 0 Å². The Bertz CT molecular complexity index is 1500. The van der Waals surface area contributed by atoms with E-state index >= 15 is 0 Å². The van der Waals surface area contributed by atoms with E-state index in [0.717, 1.165) is 77.0 Å². The number of hydrogen-bond acceptors (Lipinski definition) is 6. The van der Waals surface area contributed by atoms with Crippen LogP contribution in [0.1, 0.15) is 303 Å². The molecule has 2 N–H and O–H groups in total. The van der Waals surface area contributed by atoms with Crippen molar-refractivity contribution in [1.29, 1.82) is 0 Å². The third kappa shape index (κ3) is 58.2. The van der Waals surface area contributed by atoms with Crippen LogP contribution in [-0.2, 0) is 27.9 Å². The maximum Gasteiger partial charge on any atom is 0.472 e. The van der Waals surface area contributed by atoms with E-state index < -0.39 is 20.0 Å². The molecule has 0 aromatic carbocycles. The first-order valence-electron chi connectivity index (χ1n) is 32.6. The molecule has 0 rings (SSSR count). The molecule has 0 aliphatic heterocycles. The van der Waals surface area contributed by atoms with E-state index in [0.29, 0.717) is 23.9 Å².